The van der Waals surface area contributed by atoms with Crippen LogP contribution < -0.4 is 5.32 Å². The van der Waals surface area contributed by atoms with Gasteiger partial charge in [-0.2, -0.15) is 5.10 Å². The van der Waals surface area contributed by atoms with Crippen LogP contribution in [0.15, 0.2) is 60.5 Å². The topological polar surface area (TPSA) is 125 Å². The summed E-state index contributed by atoms with van der Waals surface area (Å²) in [4.78, 5) is 35.1. The van der Waals surface area contributed by atoms with E-state index in [0.29, 0.717) is 34.9 Å². The van der Waals surface area contributed by atoms with Gasteiger partial charge in [0.25, 0.3) is 0 Å². The van der Waals surface area contributed by atoms with E-state index in [1.807, 2.05) is 50.4 Å². The number of H-pyrrole nitrogens is 2. The van der Waals surface area contributed by atoms with Crippen molar-refractivity contribution < 1.29 is 4.79 Å². The number of hydrogen-bond donors (Lipinski definition) is 3. The van der Waals surface area contributed by atoms with E-state index in [0.717, 1.165) is 32.5 Å². The van der Waals surface area contributed by atoms with Gasteiger partial charge in [-0.3, -0.25) is 14.9 Å². The van der Waals surface area contributed by atoms with Crippen LogP contribution in [0, 0.1) is 5.41 Å². The highest BCUT2D eigenvalue weighted by molar-refractivity contribution is 7.13. The van der Waals surface area contributed by atoms with E-state index >= 15 is 0 Å². The number of imidazole rings is 1. The molecule has 0 unspecified atom stereocenters. The Morgan fingerprint density at radius 3 is 2.73 bits per heavy atom. The van der Waals surface area contributed by atoms with Crippen LogP contribution in [0.25, 0.3) is 55.3 Å². The lowest BCUT2D eigenvalue weighted by atomic mass is 9.92. The van der Waals surface area contributed by atoms with Gasteiger partial charge in [0.05, 0.1) is 17.3 Å². The fraction of sp³-hybridized carbons (Fsp3) is 0.185. The number of rotatable bonds is 5. The number of carbonyl (C=O) groups is 1. The molecule has 0 saturated carbocycles. The molecular formula is C27H24N8OS. The van der Waals surface area contributed by atoms with Crippen molar-refractivity contribution in [3.8, 4) is 33.1 Å². The first-order valence-electron chi connectivity index (χ1n) is 11.8. The molecule has 0 aliphatic rings. The van der Waals surface area contributed by atoms with Crippen molar-refractivity contribution in [1.29, 1.82) is 0 Å². The lowest BCUT2D eigenvalue weighted by Crippen LogP contribution is -2.19. The second kappa shape index (κ2) is 8.90. The van der Waals surface area contributed by atoms with E-state index in [1.54, 1.807) is 36.1 Å². The first kappa shape index (κ1) is 23.0. The van der Waals surface area contributed by atoms with Gasteiger partial charge in [0, 0.05) is 46.6 Å². The highest BCUT2D eigenvalue weighted by atomic mass is 32.1. The molecule has 184 valence electrons. The van der Waals surface area contributed by atoms with E-state index < -0.39 is 0 Å². The minimum atomic E-state index is -0.0987. The molecule has 0 aliphatic heterocycles. The molecule has 0 bridgehead atoms. The van der Waals surface area contributed by atoms with Crippen molar-refractivity contribution in [3.63, 3.8) is 0 Å². The minimum Gasteiger partial charge on any atom is -0.325 e. The van der Waals surface area contributed by atoms with E-state index in [2.05, 4.69) is 41.5 Å². The number of thiophene rings is 1. The van der Waals surface area contributed by atoms with Crippen LogP contribution in [0.1, 0.15) is 27.2 Å². The molecule has 6 aromatic rings. The van der Waals surface area contributed by atoms with E-state index in [-0.39, 0.29) is 11.3 Å². The van der Waals surface area contributed by atoms with Crippen molar-refractivity contribution >= 4 is 45.1 Å². The fourth-order valence-electron chi connectivity index (χ4n) is 4.25. The highest BCUT2D eigenvalue weighted by Crippen LogP contribution is 2.33. The molecule has 6 rings (SSSR count). The number of fused-ring (bicyclic) bond motifs is 2. The smallest absolute Gasteiger partial charge is 0.224 e. The number of anilines is 1. The third-order valence-electron chi connectivity index (χ3n) is 5.86. The second-order valence-electron chi connectivity index (χ2n) is 10.1. The summed E-state index contributed by atoms with van der Waals surface area (Å²) < 4.78 is 0. The third-order valence-corrected chi connectivity index (χ3v) is 6.76. The number of aromatic amines is 2. The molecule has 6 aromatic heterocycles. The summed E-state index contributed by atoms with van der Waals surface area (Å²) in [6, 6.07) is 9.96. The number of carbonyl (C=O) groups excluding carboxylic acids is 1. The van der Waals surface area contributed by atoms with E-state index in [9.17, 15) is 4.79 Å². The SMILES string of the molecule is CC(C)(C)CC(=O)Nc1cncc(-c2cnc3[nH]nc(-c4nc5c(-c6cccs6)ccnc5[nH]4)c3c2)c1. The molecule has 0 atom stereocenters. The van der Waals surface area contributed by atoms with Crippen LogP contribution in [-0.2, 0) is 4.79 Å². The lowest BCUT2D eigenvalue weighted by molar-refractivity contribution is -0.117. The molecule has 10 heteroatoms. The summed E-state index contributed by atoms with van der Waals surface area (Å²) >= 11 is 1.66. The van der Waals surface area contributed by atoms with Gasteiger partial charge in [0.2, 0.25) is 5.91 Å². The van der Waals surface area contributed by atoms with Crippen LogP contribution in [-0.4, -0.2) is 41.0 Å². The van der Waals surface area contributed by atoms with Gasteiger partial charge < -0.3 is 10.3 Å². The van der Waals surface area contributed by atoms with Crippen LogP contribution in [0.3, 0.4) is 0 Å². The van der Waals surface area contributed by atoms with Crippen LogP contribution in [0.5, 0.6) is 0 Å². The third kappa shape index (κ3) is 4.58. The molecule has 0 spiro atoms. The normalized spacial score (nSPS) is 11.9. The van der Waals surface area contributed by atoms with Gasteiger partial charge in [-0.1, -0.05) is 26.8 Å². The first-order chi connectivity index (χ1) is 17.8. The van der Waals surface area contributed by atoms with Crippen LogP contribution in [0.2, 0.25) is 0 Å². The Morgan fingerprint density at radius 1 is 1.05 bits per heavy atom. The van der Waals surface area contributed by atoms with Crippen molar-refractivity contribution in [2.24, 2.45) is 5.41 Å². The predicted octanol–water partition coefficient (Wildman–Crippen LogP) is 6.06. The molecule has 1 amide bonds. The number of amides is 1. The summed E-state index contributed by atoms with van der Waals surface area (Å²) in [5, 5.41) is 13.3. The van der Waals surface area contributed by atoms with Gasteiger partial charge in [0.15, 0.2) is 17.1 Å². The summed E-state index contributed by atoms with van der Waals surface area (Å²) in [5.74, 6) is 0.565. The zero-order chi connectivity index (χ0) is 25.6. The van der Waals surface area contributed by atoms with Crippen molar-refractivity contribution in [1.82, 2.24) is 35.1 Å². The Morgan fingerprint density at radius 2 is 1.92 bits per heavy atom. The second-order valence-corrected chi connectivity index (χ2v) is 11.0. The van der Waals surface area contributed by atoms with Crippen molar-refractivity contribution in [2.75, 3.05) is 5.32 Å². The Kier molecular flexibility index (Phi) is 5.53. The summed E-state index contributed by atoms with van der Waals surface area (Å²) in [6.45, 7) is 6.10. The molecule has 0 radical (unpaired) electrons. The summed E-state index contributed by atoms with van der Waals surface area (Å²) in [6.07, 6.45) is 7.36. The van der Waals surface area contributed by atoms with Crippen molar-refractivity contribution in [3.05, 3.63) is 60.5 Å². The molecule has 0 aliphatic carbocycles. The minimum absolute atomic E-state index is 0.0439. The molecule has 0 fully saturated rings. The van der Waals surface area contributed by atoms with E-state index in [1.165, 1.54) is 0 Å². The average Bonchev–Trinajstić information content (AvgIpc) is 3.61. The summed E-state index contributed by atoms with van der Waals surface area (Å²) in [5.41, 5.74) is 6.05. The van der Waals surface area contributed by atoms with Crippen molar-refractivity contribution in [2.45, 2.75) is 27.2 Å². The molecular weight excluding hydrogens is 484 g/mol. The fourth-order valence-corrected chi connectivity index (χ4v) is 5.00. The predicted molar refractivity (Wildman–Crippen MR) is 146 cm³/mol. The zero-order valence-corrected chi connectivity index (χ0v) is 21.3. The molecule has 37 heavy (non-hydrogen) atoms. The number of nitrogens with zero attached hydrogens (tertiary/aromatic N) is 5. The number of hydrogen-bond acceptors (Lipinski definition) is 7. The number of pyridine rings is 3. The Balaban J connectivity index is 1.36. The zero-order valence-electron chi connectivity index (χ0n) is 20.5. The monoisotopic (exact) mass is 508 g/mol. The highest BCUT2D eigenvalue weighted by Gasteiger charge is 2.18. The van der Waals surface area contributed by atoms with Gasteiger partial charge in [0.1, 0.15) is 11.2 Å². The number of aromatic nitrogens is 7. The van der Waals surface area contributed by atoms with E-state index in [4.69, 9.17) is 4.98 Å². The van der Waals surface area contributed by atoms with Gasteiger partial charge in [-0.05, 0) is 35.1 Å². The quantitative estimate of drug-likeness (QED) is 0.260. The van der Waals surface area contributed by atoms with Crippen LogP contribution >= 0.6 is 11.3 Å². The molecule has 9 nitrogen and oxygen atoms in total. The largest absolute Gasteiger partial charge is 0.325 e. The Hall–Kier alpha value is -4.44. The molecule has 0 saturated heterocycles. The lowest BCUT2D eigenvalue weighted by Gasteiger charge is -2.17. The molecule has 0 aromatic carbocycles. The van der Waals surface area contributed by atoms with Gasteiger partial charge >= 0.3 is 0 Å². The first-order valence-corrected chi connectivity index (χ1v) is 12.7. The molecule has 3 N–H and O–H groups in total. The maximum atomic E-state index is 12.4. The number of nitrogens with one attached hydrogen (secondary N) is 3. The maximum Gasteiger partial charge on any atom is 0.224 e. The van der Waals surface area contributed by atoms with Gasteiger partial charge in [-0.25, -0.2) is 15.0 Å². The maximum absolute atomic E-state index is 12.4. The Bertz CT molecular complexity index is 1740. The molecule has 6 heterocycles. The average molecular weight is 509 g/mol. The summed E-state index contributed by atoms with van der Waals surface area (Å²) in [7, 11) is 0. The van der Waals surface area contributed by atoms with Crippen LogP contribution in [0.4, 0.5) is 5.69 Å². The standard InChI is InChI=1S/C27H24N8OS/c1-27(2,3)11-21(36)31-17-9-15(12-28-14-17)16-10-19-23(34-35-24(19)30-13-16)26-32-22-18(20-5-4-8-37-20)6-7-29-25(22)33-26/h4-10,12-14H,11H2,1-3H3,(H,31,36)(H,29,32,33)(H,30,34,35). The Labute approximate surface area is 216 Å². The van der Waals surface area contributed by atoms with Gasteiger partial charge in [-0.15, -0.1) is 11.3 Å².